The number of unbranched alkanes of at least 4 members (excludes halogenated alkanes) is 15. The summed E-state index contributed by atoms with van der Waals surface area (Å²) in [6.45, 7) is 9.38. The molecule has 0 aliphatic carbocycles. The van der Waals surface area contributed by atoms with Crippen molar-refractivity contribution in [3.63, 3.8) is 0 Å². The van der Waals surface area contributed by atoms with Crippen molar-refractivity contribution >= 4 is 5.97 Å². The van der Waals surface area contributed by atoms with Crippen molar-refractivity contribution in [3.8, 4) is 0 Å². The largest absolute Gasteiger partial charge is 0.466 e. The SMILES string of the molecule is CCCCCCCCCCCCCCCCCCOC(=O)CCC(C)(C)C.N. The Hall–Kier alpha value is -0.570. The fourth-order valence-corrected chi connectivity index (χ4v) is 3.39. The molecule has 28 heavy (non-hydrogen) atoms. The molecule has 0 spiro atoms. The van der Waals surface area contributed by atoms with Crippen molar-refractivity contribution in [2.24, 2.45) is 5.41 Å². The Morgan fingerprint density at radius 3 is 1.36 bits per heavy atom. The first-order valence-corrected chi connectivity index (χ1v) is 12.1. The molecule has 0 unspecified atom stereocenters. The second kappa shape index (κ2) is 21.1. The van der Waals surface area contributed by atoms with E-state index in [4.69, 9.17) is 4.74 Å². The van der Waals surface area contributed by atoms with Gasteiger partial charge in [-0.05, 0) is 18.3 Å². The Kier molecular flexibility index (Phi) is 22.4. The Morgan fingerprint density at radius 2 is 1.00 bits per heavy atom. The summed E-state index contributed by atoms with van der Waals surface area (Å²) < 4.78 is 5.32. The van der Waals surface area contributed by atoms with Crippen LogP contribution in [0.15, 0.2) is 0 Å². The average Bonchev–Trinajstić information content (AvgIpc) is 2.62. The van der Waals surface area contributed by atoms with E-state index in [1.165, 1.54) is 96.3 Å². The lowest BCUT2D eigenvalue weighted by Crippen LogP contribution is -2.11. The van der Waals surface area contributed by atoms with Gasteiger partial charge in [0, 0.05) is 6.42 Å². The van der Waals surface area contributed by atoms with Gasteiger partial charge in [0.05, 0.1) is 6.61 Å². The van der Waals surface area contributed by atoms with Crippen LogP contribution in [0.2, 0.25) is 0 Å². The lowest BCUT2D eigenvalue weighted by Gasteiger charge is -2.16. The molecular weight excluding hydrogens is 346 g/mol. The molecule has 0 aliphatic heterocycles. The summed E-state index contributed by atoms with van der Waals surface area (Å²) in [5.74, 6) is -0.0223. The van der Waals surface area contributed by atoms with E-state index in [1.54, 1.807) is 0 Å². The molecule has 0 aromatic rings. The molecule has 0 bridgehead atoms. The zero-order valence-corrected chi connectivity index (χ0v) is 20.0. The Labute approximate surface area is 177 Å². The zero-order valence-electron chi connectivity index (χ0n) is 20.0. The molecule has 0 radical (unpaired) electrons. The molecule has 0 atom stereocenters. The molecule has 0 amide bonds. The van der Waals surface area contributed by atoms with Crippen LogP contribution in [-0.4, -0.2) is 12.6 Å². The van der Waals surface area contributed by atoms with Gasteiger partial charge < -0.3 is 10.9 Å². The number of hydrogen-bond acceptors (Lipinski definition) is 3. The van der Waals surface area contributed by atoms with Gasteiger partial charge in [0.1, 0.15) is 0 Å². The monoisotopic (exact) mass is 399 g/mol. The van der Waals surface area contributed by atoms with Crippen molar-refractivity contribution in [1.82, 2.24) is 6.15 Å². The van der Waals surface area contributed by atoms with Gasteiger partial charge in [-0.15, -0.1) is 0 Å². The van der Waals surface area contributed by atoms with E-state index in [0.717, 1.165) is 12.8 Å². The number of carbonyl (C=O) groups is 1. The van der Waals surface area contributed by atoms with Gasteiger partial charge in [-0.25, -0.2) is 0 Å². The van der Waals surface area contributed by atoms with Gasteiger partial charge in [-0.1, -0.05) is 124 Å². The lowest BCUT2D eigenvalue weighted by molar-refractivity contribution is -0.144. The van der Waals surface area contributed by atoms with E-state index in [9.17, 15) is 4.79 Å². The van der Waals surface area contributed by atoms with E-state index >= 15 is 0 Å². The minimum absolute atomic E-state index is 0. The van der Waals surface area contributed by atoms with Crippen LogP contribution in [0.1, 0.15) is 143 Å². The molecule has 0 saturated carbocycles. The molecule has 0 aromatic carbocycles. The maximum atomic E-state index is 11.6. The summed E-state index contributed by atoms with van der Waals surface area (Å²) in [6, 6.07) is 0. The summed E-state index contributed by atoms with van der Waals surface area (Å²) >= 11 is 0. The molecule has 3 nitrogen and oxygen atoms in total. The standard InChI is InChI=1S/C25H50O2.H3N/c1-5-6-7-8-9-10-11-12-13-14-15-16-17-18-19-20-23-27-24(26)21-22-25(2,3)4;/h5-23H2,1-4H3;1H3. The number of carbonyl (C=O) groups excluding carboxylic acids is 1. The Bertz CT molecular complexity index is 323. The normalized spacial score (nSPS) is 11.3. The molecule has 0 heterocycles. The van der Waals surface area contributed by atoms with E-state index in [0.29, 0.717) is 13.0 Å². The first-order chi connectivity index (χ1) is 13.0. The summed E-state index contributed by atoms with van der Waals surface area (Å²) in [5.41, 5.74) is 0.216. The van der Waals surface area contributed by atoms with Gasteiger partial charge in [0.15, 0.2) is 0 Å². The third-order valence-corrected chi connectivity index (χ3v) is 5.34. The molecule has 0 aromatic heterocycles. The molecule has 0 fully saturated rings. The molecule has 0 rings (SSSR count). The minimum Gasteiger partial charge on any atom is -0.466 e. The summed E-state index contributed by atoms with van der Waals surface area (Å²) in [4.78, 5) is 11.6. The van der Waals surface area contributed by atoms with Crippen LogP contribution in [0.4, 0.5) is 0 Å². The predicted molar refractivity (Wildman–Crippen MR) is 124 cm³/mol. The van der Waals surface area contributed by atoms with E-state index in [1.807, 2.05) is 0 Å². The van der Waals surface area contributed by atoms with Crippen molar-refractivity contribution in [2.75, 3.05) is 6.61 Å². The Morgan fingerprint density at radius 1 is 0.643 bits per heavy atom. The number of rotatable bonds is 19. The van der Waals surface area contributed by atoms with Crippen molar-refractivity contribution in [3.05, 3.63) is 0 Å². The molecule has 3 N–H and O–H groups in total. The maximum absolute atomic E-state index is 11.6. The Balaban J connectivity index is 0. The highest BCUT2D eigenvalue weighted by Crippen LogP contribution is 2.20. The summed E-state index contributed by atoms with van der Waals surface area (Å²) in [6.07, 6.45) is 23.4. The highest BCUT2D eigenvalue weighted by Gasteiger charge is 2.13. The van der Waals surface area contributed by atoms with Crippen LogP contribution in [-0.2, 0) is 9.53 Å². The molecule has 3 heteroatoms. The van der Waals surface area contributed by atoms with Crippen LogP contribution in [0.5, 0.6) is 0 Å². The molecule has 170 valence electrons. The van der Waals surface area contributed by atoms with Gasteiger partial charge in [0.25, 0.3) is 0 Å². The van der Waals surface area contributed by atoms with Crippen molar-refractivity contribution in [1.29, 1.82) is 0 Å². The van der Waals surface area contributed by atoms with Gasteiger partial charge >= 0.3 is 5.97 Å². The smallest absolute Gasteiger partial charge is 0.305 e. The molecule has 0 aliphatic rings. The third kappa shape index (κ3) is 25.4. The second-order valence-electron chi connectivity index (χ2n) is 9.58. The van der Waals surface area contributed by atoms with E-state index in [-0.39, 0.29) is 17.5 Å². The average molecular weight is 400 g/mol. The van der Waals surface area contributed by atoms with Gasteiger partial charge in [-0.3, -0.25) is 4.79 Å². The zero-order chi connectivity index (χ0) is 20.2. The maximum Gasteiger partial charge on any atom is 0.305 e. The first-order valence-electron chi connectivity index (χ1n) is 12.1. The summed E-state index contributed by atoms with van der Waals surface area (Å²) in [7, 11) is 0. The molecular formula is C25H53NO2. The van der Waals surface area contributed by atoms with Gasteiger partial charge in [-0.2, -0.15) is 0 Å². The fraction of sp³-hybridized carbons (Fsp3) is 0.960. The third-order valence-electron chi connectivity index (χ3n) is 5.34. The van der Waals surface area contributed by atoms with Crippen LogP contribution in [0.3, 0.4) is 0 Å². The number of hydrogen-bond donors (Lipinski definition) is 1. The highest BCUT2D eigenvalue weighted by atomic mass is 16.5. The fourth-order valence-electron chi connectivity index (χ4n) is 3.39. The topological polar surface area (TPSA) is 61.3 Å². The number of esters is 1. The minimum atomic E-state index is -0.0223. The number of ether oxygens (including phenoxy) is 1. The summed E-state index contributed by atoms with van der Waals surface area (Å²) in [5, 5.41) is 0. The molecule has 0 saturated heterocycles. The van der Waals surface area contributed by atoms with Crippen LogP contribution in [0.25, 0.3) is 0 Å². The van der Waals surface area contributed by atoms with Gasteiger partial charge in [0.2, 0.25) is 0 Å². The lowest BCUT2D eigenvalue weighted by atomic mass is 9.91. The van der Waals surface area contributed by atoms with Crippen molar-refractivity contribution < 1.29 is 9.53 Å². The first kappa shape index (κ1) is 29.6. The van der Waals surface area contributed by atoms with Crippen LogP contribution in [0, 0.1) is 5.41 Å². The quantitative estimate of drug-likeness (QED) is 0.174. The van der Waals surface area contributed by atoms with Crippen LogP contribution < -0.4 is 6.15 Å². The van der Waals surface area contributed by atoms with Crippen LogP contribution >= 0.6 is 0 Å². The van der Waals surface area contributed by atoms with E-state index < -0.39 is 0 Å². The highest BCUT2D eigenvalue weighted by molar-refractivity contribution is 5.69. The second-order valence-corrected chi connectivity index (χ2v) is 9.58. The van der Waals surface area contributed by atoms with E-state index in [2.05, 4.69) is 27.7 Å². The predicted octanol–water partition coefficient (Wildman–Crippen LogP) is 8.78. The van der Waals surface area contributed by atoms with Crippen molar-refractivity contribution in [2.45, 2.75) is 143 Å².